The molecule has 4 nitrogen and oxygen atoms in total. The summed E-state index contributed by atoms with van der Waals surface area (Å²) in [5.41, 5.74) is 1.97. The molecule has 1 N–H and O–H groups in total. The summed E-state index contributed by atoms with van der Waals surface area (Å²) in [6.45, 7) is 2.23. The van der Waals surface area contributed by atoms with Crippen molar-refractivity contribution < 1.29 is 0 Å². The molecule has 5 heteroatoms. The van der Waals surface area contributed by atoms with Crippen LogP contribution in [0.25, 0.3) is 5.65 Å². The summed E-state index contributed by atoms with van der Waals surface area (Å²) in [4.78, 5) is 4.23. The number of aromatic nitrogens is 3. The molecule has 1 unspecified atom stereocenters. The van der Waals surface area contributed by atoms with Crippen LogP contribution in [0.5, 0.6) is 0 Å². The first-order chi connectivity index (χ1) is 7.81. The molecular weight excluding hydrogens is 224 g/mol. The predicted molar refractivity (Wildman–Crippen MR) is 62.7 cm³/mol. The van der Waals surface area contributed by atoms with Crippen LogP contribution in [0.2, 0.25) is 5.02 Å². The zero-order valence-corrected chi connectivity index (χ0v) is 9.61. The second-order valence-electron chi connectivity index (χ2n) is 4.27. The number of hydrogen-bond donors (Lipinski definition) is 1. The molecule has 0 aromatic carbocycles. The monoisotopic (exact) mass is 236 g/mol. The number of hydrogen-bond acceptors (Lipinski definition) is 3. The van der Waals surface area contributed by atoms with Crippen molar-refractivity contribution in [2.75, 3.05) is 13.1 Å². The van der Waals surface area contributed by atoms with Gasteiger partial charge in [-0.25, -0.2) is 9.50 Å². The average Bonchev–Trinajstić information content (AvgIpc) is 2.86. The van der Waals surface area contributed by atoms with E-state index in [2.05, 4.69) is 15.4 Å². The lowest BCUT2D eigenvalue weighted by molar-refractivity contribution is 0.569. The van der Waals surface area contributed by atoms with E-state index in [9.17, 15) is 0 Å². The maximum absolute atomic E-state index is 5.86. The van der Waals surface area contributed by atoms with Gasteiger partial charge in [0.15, 0.2) is 5.65 Å². The normalized spacial score (nSPS) is 20.7. The highest BCUT2D eigenvalue weighted by Crippen LogP contribution is 2.16. The van der Waals surface area contributed by atoms with E-state index in [1.54, 1.807) is 16.9 Å². The quantitative estimate of drug-likeness (QED) is 0.860. The SMILES string of the molecule is Clc1cnc2cc(CC3CCNC3)nn2c1. The zero-order chi connectivity index (χ0) is 11.0. The van der Waals surface area contributed by atoms with Gasteiger partial charge in [0.2, 0.25) is 0 Å². The molecule has 1 aliphatic heterocycles. The van der Waals surface area contributed by atoms with Crippen molar-refractivity contribution in [1.29, 1.82) is 0 Å². The van der Waals surface area contributed by atoms with Gasteiger partial charge in [0.1, 0.15) is 0 Å². The molecule has 2 aromatic rings. The summed E-state index contributed by atoms with van der Waals surface area (Å²) >= 11 is 5.86. The Labute approximate surface area is 98.6 Å². The minimum atomic E-state index is 0.615. The Balaban J connectivity index is 1.86. The van der Waals surface area contributed by atoms with Gasteiger partial charge in [-0.05, 0) is 31.8 Å². The third kappa shape index (κ3) is 1.90. The molecule has 1 fully saturated rings. The molecule has 0 spiro atoms. The van der Waals surface area contributed by atoms with Crippen LogP contribution in [0.1, 0.15) is 12.1 Å². The average molecular weight is 237 g/mol. The van der Waals surface area contributed by atoms with Gasteiger partial charge in [-0.2, -0.15) is 5.10 Å². The Morgan fingerprint density at radius 1 is 1.56 bits per heavy atom. The fourth-order valence-corrected chi connectivity index (χ4v) is 2.33. The van der Waals surface area contributed by atoms with Crippen molar-refractivity contribution in [3.05, 3.63) is 29.2 Å². The van der Waals surface area contributed by atoms with E-state index in [0.29, 0.717) is 10.9 Å². The number of fused-ring (bicyclic) bond motifs is 1. The first-order valence-corrected chi connectivity index (χ1v) is 5.89. The summed E-state index contributed by atoms with van der Waals surface area (Å²) in [6.07, 6.45) is 5.70. The molecule has 1 aliphatic rings. The molecule has 0 radical (unpaired) electrons. The van der Waals surface area contributed by atoms with Crippen molar-refractivity contribution in [3.63, 3.8) is 0 Å². The second-order valence-corrected chi connectivity index (χ2v) is 4.71. The van der Waals surface area contributed by atoms with E-state index in [0.717, 1.165) is 30.9 Å². The Bertz CT molecular complexity index is 502. The molecule has 3 heterocycles. The van der Waals surface area contributed by atoms with Gasteiger partial charge in [-0.3, -0.25) is 0 Å². The molecule has 0 saturated carbocycles. The van der Waals surface area contributed by atoms with E-state index >= 15 is 0 Å². The van der Waals surface area contributed by atoms with Crippen LogP contribution >= 0.6 is 11.6 Å². The maximum Gasteiger partial charge on any atom is 0.155 e. The lowest BCUT2D eigenvalue weighted by Gasteiger charge is -2.03. The minimum absolute atomic E-state index is 0.615. The van der Waals surface area contributed by atoms with Crippen molar-refractivity contribution in [2.24, 2.45) is 5.92 Å². The molecule has 84 valence electrons. The van der Waals surface area contributed by atoms with Crippen LogP contribution in [0.4, 0.5) is 0 Å². The lowest BCUT2D eigenvalue weighted by Crippen LogP contribution is -2.10. The summed E-state index contributed by atoms with van der Waals surface area (Å²) in [5, 5.41) is 8.46. The highest BCUT2D eigenvalue weighted by atomic mass is 35.5. The Morgan fingerprint density at radius 3 is 3.31 bits per heavy atom. The van der Waals surface area contributed by atoms with E-state index < -0.39 is 0 Å². The smallest absolute Gasteiger partial charge is 0.155 e. The Morgan fingerprint density at radius 2 is 2.50 bits per heavy atom. The fraction of sp³-hybridized carbons (Fsp3) is 0.455. The van der Waals surface area contributed by atoms with Gasteiger partial charge in [-0.15, -0.1) is 0 Å². The number of nitrogens with zero attached hydrogens (tertiary/aromatic N) is 3. The minimum Gasteiger partial charge on any atom is -0.316 e. The lowest BCUT2D eigenvalue weighted by atomic mass is 10.0. The molecule has 16 heavy (non-hydrogen) atoms. The van der Waals surface area contributed by atoms with Gasteiger partial charge >= 0.3 is 0 Å². The van der Waals surface area contributed by atoms with Gasteiger partial charge in [0, 0.05) is 12.3 Å². The third-order valence-electron chi connectivity index (χ3n) is 2.99. The van der Waals surface area contributed by atoms with Crippen molar-refractivity contribution >= 4 is 17.2 Å². The second kappa shape index (κ2) is 4.03. The van der Waals surface area contributed by atoms with E-state index in [-0.39, 0.29) is 0 Å². The van der Waals surface area contributed by atoms with Crippen LogP contribution in [0.3, 0.4) is 0 Å². The van der Waals surface area contributed by atoms with Gasteiger partial charge < -0.3 is 5.32 Å². The Hall–Kier alpha value is -1.13. The molecule has 2 aromatic heterocycles. The van der Waals surface area contributed by atoms with Gasteiger partial charge in [0.25, 0.3) is 0 Å². The van der Waals surface area contributed by atoms with Crippen molar-refractivity contribution in [3.8, 4) is 0 Å². The van der Waals surface area contributed by atoms with Crippen molar-refractivity contribution in [2.45, 2.75) is 12.8 Å². The molecule has 0 aliphatic carbocycles. The predicted octanol–water partition coefficient (Wildman–Crippen LogP) is 1.53. The fourth-order valence-electron chi connectivity index (χ4n) is 2.19. The van der Waals surface area contributed by atoms with E-state index in [1.165, 1.54) is 6.42 Å². The third-order valence-corrected chi connectivity index (χ3v) is 3.19. The van der Waals surface area contributed by atoms with Gasteiger partial charge in [-0.1, -0.05) is 11.6 Å². The van der Waals surface area contributed by atoms with Crippen LogP contribution < -0.4 is 5.32 Å². The van der Waals surface area contributed by atoms with Crippen LogP contribution in [-0.2, 0) is 6.42 Å². The molecule has 1 atom stereocenters. The topological polar surface area (TPSA) is 42.2 Å². The Kier molecular flexibility index (Phi) is 2.53. The molecule has 0 bridgehead atoms. The number of rotatable bonds is 2. The summed E-state index contributed by atoms with van der Waals surface area (Å²) in [7, 11) is 0. The number of nitrogens with one attached hydrogen (secondary N) is 1. The molecule has 3 rings (SSSR count). The van der Waals surface area contributed by atoms with Crippen LogP contribution in [0.15, 0.2) is 18.5 Å². The first-order valence-electron chi connectivity index (χ1n) is 5.52. The number of halogens is 1. The summed E-state index contributed by atoms with van der Waals surface area (Å²) in [5.74, 6) is 0.709. The van der Waals surface area contributed by atoms with E-state index in [1.807, 2.05) is 6.07 Å². The van der Waals surface area contributed by atoms with Gasteiger partial charge in [0.05, 0.1) is 16.9 Å². The molecule has 1 saturated heterocycles. The maximum atomic E-state index is 5.86. The first kappa shape index (κ1) is 10.1. The van der Waals surface area contributed by atoms with Crippen molar-refractivity contribution in [1.82, 2.24) is 19.9 Å². The molecular formula is C11H13ClN4. The molecule has 0 amide bonds. The van der Waals surface area contributed by atoms with E-state index in [4.69, 9.17) is 11.6 Å². The summed E-state index contributed by atoms with van der Waals surface area (Å²) in [6, 6.07) is 2.04. The van der Waals surface area contributed by atoms with Crippen LogP contribution in [0, 0.1) is 5.92 Å². The summed E-state index contributed by atoms with van der Waals surface area (Å²) < 4.78 is 1.75. The standard InChI is InChI=1S/C11H13ClN4/c12-9-6-14-11-4-10(15-16(11)7-9)3-8-1-2-13-5-8/h4,6-8,13H,1-3,5H2. The largest absolute Gasteiger partial charge is 0.316 e. The highest BCUT2D eigenvalue weighted by Gasteiger charge is 2.16. The highest BCUT2D eigenvalue weighted by molar-refractivity contribution is 6.30. The van der Waals surface area contributed by atoms with Crippen LogP contribution in [-0.4, -0.2) is 27.7 Å². The zero-order valence-electron chi connectivity index (χ0n) is 8.86.